The van der Waals surface area contributed by atoms with Gasteiger partial charge in [-0.25, -0.2) is 19.9 Å². The number of nitrogens with zero attached hydrogens (tertiary/aromatic N) is 5. The van der Waals surface area contributed by atoms with E-state index >= 15 is 0 Å². The Morgan fingerprint density at radius 2 is 1.16 bits per heavy atom. The predicted octanol–water partition coefficient (Wildman–Crippen LogP) is 7.96. The molecule has 37 heavy (non-hydrogen) atoms. The summed E-state index contributed by atoms with van der Waals surface area (Å²) in [5.74, 6) is 0. The van der Waals surface area contributed by atoms with Crippen molar-refractivity contribution in [2.75, 3.05) is 11.5 Å². The molecular formula is C24H15BBr4N7S. The maximum atomic E-state index is 6.03. The first kappa shape index (κ1) is 27.8. The standard InChI is InChI=1S/C12H6Br3N3.C12H8BrN3.BHNS/c13-5-1-2-8-9(3-5)18-11-7(15)4-6(14)10(16)12(11)17-8;13-7-4-5-9-11(6-7)15-10-3-1-2-8(14)12(10)16-9;1-2-3/h1-4H,16H2;1-6H,14H2;3H. The summed E-state index contributed by atoms with van der Waals surface area (Å²) < 4.78 is 6.35. The van der Waals surface area contributed by atoms with Gasteiger partial charge in [-0.15, -0.1) is 0 Å². The van der Waals surface area contributed by atoms with Crippen molar-refractivity contribution in [3.05, 3.63) is 78.6 Å². The second kappa shape index (κ2) is 12.1. The zero-order valence-electron chi connectivity index (χ0n) is 18.7. The van der Waals surface area contributed by atoms with Crippen LogP contribution in [0.15, 0.2) is 82.9 Å². The van der Waals surface area contributed by atoms with Gasteiger partial charge in [0.15, 0.2) is 0 Å². The van der Waals surface area contributed by atoms with Gasteiger partial charge in [0.1, 0.15) is 16.6 Å². The van der Waals surface area contributed by atoms with E-state index in [4.69, 9.17) is 11.5 Å². The van der Waals surface area contributed by atoms with E-state index in [2.05, 4.69) is 108 Å². The Hall–Kier alpha value is -2.19. The van der Waals surface area contributed by atoms with Gasteiger partial charge in [-0.2, -0.15) is 0 Å². The third-order valence-electron chi connectivity index (χ3n) is 5.07. The molecule has 1 radical (unpaired) electrons. The molecule has 0 bridgehead atoms. The van der Waals surface area contributed by atoms with Gasteiger partial charge in [0.25, 0.3) is 0 Å². The van der Waals surface area contributed by atoms with Crippen LogP contribution in [0.3, 0.4) is 0 Å². The molecule has 2 heterocycles. The molecule has 0 atom stereocenters. The van der Waals surface area contributed by atoms with Crippen LogP contribution >= 0.6 is 76.5 Å². The molecule has 183 valence electrons. The van der Waals surface area contributed by atoms with Gasteiger partial charge in [-0.05, 0) is 86.5 Å². The fourth-order valence-corrected chi connectivity index (χ4v) is 5.37. The molecule has 0 amide bonds. The molecule has 13 heteroatoms. The van der Waals surface area contributed by atoms with Crippen molar-refractivity contribution in [3.63, 3.8) is 0 Å². The van der Waals surface area contributed by atoms with Gasteiger partial charge < -0.3 is 11.5 Å². The van der Waals surface area contributed by atoms with Crippen LogP contribution in [0, 0.1) is 0 Å². The number of para-hydroxylation sites is 1. The molecule has 7 nitrogen and oxygen atoms in total. The first-order valence-corrected chi connectivity index (χ1v) is 13.9. The van der Waals surface area contributed by atoms with E-state index in [9.17, 15) is 0 Å². The van der Waals surface area contributed by atoms with Crippen LogP contribution in [0.25, 0.3) is 44.1 Å². The van der Waals surface area contributed by atoms with E-state index in [0.29, 0.717) is 16.9 Å². The Bertz CT molecular complexity index is 1800. The normalized spacial score (nSPS) is 10.6. The quantitative estimate of drug-likeness (QED) is 0.0626. The second-order valence-electron chi connectivity index (χ2n) is 7.49. The van der Waals surface area contributed by atoms with Crippen molar-refractivity contribution in [1.82, 2.24) is 19.9 Å². The molecule has 0 aliphatic heterocycles. The van der Waals surface area contributed by atoms with Crippen molar-refractivity contribution in [2.24, 2.45) is 4.30 Å². The number of nitrogens with two attached hydrogens (primary N) is 2. The van der Waals surface area contributed by atoms with Gasteiger partial charge >= 0.3 is 24.8 Å². The zero-order valence-corrected chi connectivity index (χ0v) is 25.9. The number of anilines is 2. The summed E-state index contributed by atoms with van der Waals surface area (Å²) in [4.78, 5) is 18.2. The minimum atomic E-state index is 0.602. The van der Waals surface area contributed by atoms with Crippen LogP contribution in [0.5, 0.6) is 0 Å². The third kappa shape index (κ3) is 6.28. The van der Waals surface area contributed by atoms with Crippen molar-refractivity contribution in [2.45, 2.75) is 0 Å². The van der Waals surface area contributed by atoms with Crippen molar-refractivity contribution in [3.8, 4) is 0 Å². The molecule has 2 aromatic heterocycles. The van der Waals surface area contributed by atoms with Gasteiger partial charge in [-0.3, -0.25) is 0 Å². The fraction of sp³-hybridized carbons (Fsp3) is 0. The number of benzene rings is 4. The van der Waals surface area contributed by atoms with Crippen LogP contribution in [-0.4, -0.2) is 27.6 Å². The van der Waals surface area contributed by atoms with Crippen molar-refractivity contribution >= 4 is 140 Å². The van der Waals surface area contributed by atoms with Crippen molar-refractivity contribution in [1.29, 1.82) is 0 Å². The number of aromatic nitrogens is 4. The van der Waals surface area contributed by atoms with E-state index in [1.54, 1.807) is 0 Å². The van der Waals surface area contributed by atoms with Gasteiger partial charge in [0.05, 0.1) is 39.0 Å². The summed E-state index contributed by atoms with van der Waals surface area (Å²) >= 11 is 16.9. The monoisotopic (exact) mass is 760 g/mol. The first-order valence-electron chi connectivity index (χ1n) is 10.4. The Labute approximate surface area is 252 Å². The first-order chi connectivity index (χ1) is 17.7. The number of thiol groups is 1. The molecule has 0 aliphatic rings. The van der Waals surface area contributed by atoms with E-state index < -0.39 is 0 Å². The summed E-state index contributed by atoms with van der Waals surface area (Å²) in [6.07, 6.45) is 0. The average molecular weight is 764 g/mol. The van der Waals surface area contributed by atoms with E-state index in [-0.39, 0.29) is 0 Å². The Kier molecular flexibility index (Phi) is 9.12. The van der Waals surface area contributed by atoms with Gasteiger partial charge in [0, 0.05) is 17.9 Å². The SMILES string of the molecule is Nc1c(Br)cc(Br)c2nc3cc(Br)ccc3nc12.Nc1cccc2nc3cc(Br)ccc3nc12.[B]=NS. The fourth-order valence-electron chi connectivity index (χ4n) is 3.44. The predicted molar refractivity (Wildman–Crippen MR) is 171 cm³/mol. The summed E-state index contributed by atoms with van der Waals surface area (Å²) in [5, 5.41) is 0. The molecule has 0 spiro atoms. The summed E-state index contributed by atoms with van der Waals surface area (Å²) in [6, 6.07) is 19.1. The Balaban J connectivity index is 0.000000157. The van der Waals surface area contributed by atoms with Gasteiger partial charge in [0.2, 0.25) is 0 Å². The third-order valence-corrected chi connectivity index (χ3v) is 7.32. The van der Waals surface area contributed by atoms with E-state index in [0.717, 1.165) is 56.5 Å². The zero-order chi connectivity index (χ0) is 26.7. The van der Waals surface area contributed by atoms with E-state index in [1.807, 2.05) is 60.7 Å². The van der Waals surface area contributed by atoms with Crippen LogP contribution in [-0.2, 0) is 0 Å². The molecule has 0 saturated heterocycles. The Morgan fingerprint density at radius 3 is 1.78 bits per heavy atom. The van der Waals surface area contributed by atoms with E-state index in [1.165, 1.54) is 0 Å². The number of fused-ring (bicyclic) bond motifs is 4. The summed E-state index contributed by atoms with van der Waals surface area (Å²) in [6.45, 7) is 0. The van der Waals surface area contributed by atoms with Crippen LogP contribution in [0.4, 0.5) is 11.4 Å². The second-order valence-corrected chi connectivity index (χ2v) is 11.3. The molecule has 0 aliphatic carbocycles. The minimum absolute atomic E-state index is 0.602. The molecule has 0 saturated carbocycles. The number of hydrogen-bond acceptors (Lipinski definition) is 8. The van der Waals surface area contributed by atoms with Gasteiger partial charge in [-0.1, -0.05) is 37.9 Å². The molecular weight excluding hydrogens is 749 g/mol. The molecule has 0 unspecified atom stereocenters. The number of hydrogen-bond donors (Lipinski definition) is 3. The molecule has 4 N–H and O–H groups in total. The van der Waals surface area contributed by atoms with Crippen LogP contribution in [0.1, 0.15) is 0 Å². The summed E-state index contributed by atoms with van der Waals surface area (Å²) in [5.41, 5.74) is 19.6. The molecule has 0 fully saturated rings. The Morgan fingerprint density at radius 1 is 0.622 bits per heavy atom. The average Bonchev–Trinajstić information content (AvgIpc) is 2.86. The summed E-state index contributed by atoms with van der Waals surface area (Å²) in [7, 11) is 4.34. The maximum absolute atomic E-state index is 6.03. The van der Waals surface area contributed by atoms with Crippen LogP contribution < -0.4 is 11.5 Å². The number of nitrogen functional groups attached to an aromatic ring is 2. The molecule has 6 aromatic rings. The number of rotatable bonds is 0. The molecule has 6 rings (SSSR count). The molecule has 4 aromatic carbocycles. The van der Waals surface area contributed by atoms with Crippen LogP contribution in [0.2, 0.25) is 0 Å². The number of halogens is 4. The van der Waals surface area contributed by atoms with Crippen molar-refractivity contribution < 1.29 is 0 Å². The topological polar surface area (TPSA) is 116 Å².